The highest BCUT2D eigenvalue weighted by molar-refractivity contribution is 7.12. The van der Waals surface area contributed by atoms with E-state index in [4.69, 9.17) is 9.72 Å². The number of aromatic nitrogens is 1. The summed E-state index contributed by atoms with van der Waals surface area (Å²) in [7, 11) is 1.79. The van der Waals surface area contributed by atoms with Crippen LogP contribution in [0, 0.1) is 0 Å². The molecule has 1 saturated carbocycles. The zero-order valence-electron chi connectivity index (χ0n) is 11.5. The molecule has 2 aliphatic carbocycles. The molecule has 0 bridgehead atoms. The van der Waals surface area contributed by atoms with Crippen molar-refractivity contribution in [3.63, 3.8) is 0 Å². The summed E-state index contributed by atoms with van der Waals surface area (Å²) < 4.78 is 5.60. The molecule has 1 fully saturated rings. The summed E-state index contributed by atoms with van der Waals surface area (Å²) >= 11 is 1.89. The fourth-order valence-electron chi connectivity index (χ4n) is 2.65. The molecule has 2 atom stereocenters. The van der Waals surface area contributed by atoms with Crippen molar-refractivity contribution in [3.05, 3.63) is 15.6 Å². The monoisotopic (exact) mass is 266 g/mol. The highest BCUT2D eigenvalue weighted by Crippen LogP contribution is 2.37. The van der Waals surface area contributed by atoms with Crippen LogP contribution >= 0.6 is 11.3 Å². The maximum Gasteiger partial charge on any atom is 0.116 e. The number of hydrogen-bond donors (Lipinski definition) is 1. The van der Waals surface area contributed by atoms with Crippen molar-refractivity contribution in [2.75, 3.05) is 7.11 Å². The van der Waals surface area contributed by atoms with Crippen molar-refractivity contribution in [2.24, 2.45) is 0 Å². The highest BCUT2D eigenvalue weighted by Gasteiger charge is 2.41. The first-order chi connectivity index (χ1) is 8.63. The molecule has 2 unspecified atom stereocenters. The first-order valence-corrected chi connectivity index (χ1v) is 7.74. The number of ether oxygens (including phenoxy) is 1. The van der Waals surface area contributed by atoms with Gasteiger partial charge in [-0.3, -0.25) is 0 Å². The van der Waals surface area contributed by atoms with Crippen LogP contribution in [0.3, 0.4) is 0 Å². The second-order valence-electron chi connectivity index (χ2n) is 5.74. The number of aryl methyl sites for hydroxylation is 2. The van der Waals surface area contributed by atoms with Gasteiger partial charge in [0.05, 0.1) is 17.3 Å². The fraction of sp³-hybridized carbons (Fsp3) is 0.786. The number of hydrogen-bond acceptors (Lipinski definition) is 4. The maximum absolute atomic E-state index is 5.60. The normalized spacial score (nSPS) is 23.7. The quantitative estimate of drug-likeness (QED) is 0.889. The van der Waals surface area contributed by atoms with Crippen LogP contribution in [-0.4, -0.2) is 24.2 Å². The van der Waals surface area contributed by atoms with Crippen LogP contribution in [0.5, 0.6) is 0 Å². The van der Waals surface area contributed by atoms with E-state index in [0.717, 1.165) is 6.42 Å². The molecule has 0 amide bonds. The molecule has 3 rings (SSSR count). The lowest BCUT2D eigenvalue weighted by atomic mass is 9.96. The van der Waals surface area contributed by atoms with E-state index in [1.54, 1.807) is 7.11 Å². The largest absolute Gasteiger partial charge is 0.379 e. The van der Waals surface area contributed by atoms with Crippen molar-refractivity contribution in [1.29, 1.82) is 0 Å². The molecule has 4 heteroatoms. The molecule has 3 nitrogen and oxygen atoms in total. The van der Waals surface area contributed by atoms with Gasteiger partial charge >= 0.3 is 0 Å². The summed E-state index contributed by atoms with van der Waals surface area (Å²) in [5, 5.41) is 4.96. The molecule has 1 N–H and O–H groups in total. The third kappa shape index (κ3) is 2.10. The summed E-state index contributed by atoms with van der Waals surface area (Å²) in [6.45, 7) is 4.38. The Kier molecular flexibility index (Phi) is 3.20. The summed E-state index contributed by atoms with van der Waals surface area (Å²) in [6.07, 6.45) is 6.37. The van der Waals surface area contributed by atoms with Gasteiger partial charge in [-0.05, 0) is 46.0 Å². The minimum atomic E-state index is -0.134. The van der Waals surface area contributed by atoms with E-state index in [1.807, 2.05) is 11.3 Å². The summed E-state index contributed by atoms with van der Waals surface area (Å²) in [5.41, 5.74) is 1.20. The van der Waals surface area contributed by atoms with Gasteiger partial charge in [0.1, 0.15) is 5.01 Å². The second-order valence-corrected chi connectivity index (χ2v) is 6.82. The van der Waals surface area contributed by atoms with Gasteiger partial charge in [-0.2, -0.15) is 0 Å². The lowest BCUT2D eigenvalue weighted by molar-refractivity contribution is 0.0349. The van der Waals surface area contributed by atoms with Gasteiger partial charge in [0, 0.05) is 18.0 Å². The van der Waals surface area contributed by atoms with Crippen molar-refractivity contribution >= 4 is 11.3 Å². The van der Waals surface area contributed by atoms with Gasteiger partial charge in [-0.25, -0.2) is 4.98 Å². The molecule has 0 saturated heterocycles. The number of rotatable bonds is 5. The molecule has 0 radical (unpaired) electrons. The van der Waals surface area contributed by atoms with Crippen LogP contribution in [0.1, 0.15) is 48.7 Å². The van der Waals surface area contributed by atoms with Crippen LogP contribution in [0.2, 0.25) is 0 Å². The summed E-state index contributed by atoms with van der Waals surface area (Å²) in [5.74, 6) is 0. The molecular weight excluding hydrogens is 244 g/mol. The van der Waals surface area contributed by atoms with Gasteiger partial charge in [0.25, 0.3) is 0 Å². The van der Waals surface area contributed by atoms with Crippen LogP contribution < -0.4 is 5.32 Å². The Morgan fingerprint density at radius 1 is 1.44 bits per heavy atom. The predicted molar refractivity (Wildman–Crippen MR) is 74.1 cm³/mol. The Hall–Kier alpha value is -0.450. The van der Waals surface area contributed by atoms with Crippen LogP contribution in [-0.2, 0) is 23.1 Å². The Morgan fingerprint density at radius 2 is 2.22 bits per heavy atom. The Morgan fingerprint density at radius 3 is 2.83 bits per heavy atom. The second kappa shape index (κ2) is 4.58. The van der Waals surface area contributed by atoms with E-state index >= 15 is 0 Å². The van der Waals surface area contributed by atoms with E-state index in [0.29, 0.717) is 6.04 Å². The lowest BCUT2D eigenvalue weighted by Crippen LogP contribution is -2.49. The Labute approximate surface area is 113 Å². The van der Waals surface area contributed by atoms with E-state index in [2.05, 4.69) is 19.2 Å². The molecule has 18 heavy (non-hydrogen) atoms. The van der Waals surface area contributed by atoms with Crippen molar-refractivity contribution in [3.8, 4) is 0 Å². The lowest BCUT2D eigenvalue weighted by Gasteiger charge is -2.34. The van der Waals surface area contributed by atoms with Gasteiger partial charge in [-0.1, -0.05) is 0 Å². The molecule has 0 aliphatic heterocycles. The fourth-order valence-corrected chi connectivity index (χ4v) is 3.99. The number of nitrogens with zero attached hydrogens (tertiary/aromatic N) is 1. The highest BCUT2D eigenvalue weighted by atomic mass is 32.1. The summed E-state index contributed by atoms with van der Waals surface area (Å²) in [6, 6.07) is 0.659. The van der Waals surface area contributed by atoms with Crippen LogP contribution in [0.15, 0.2) is 0 Å². The molecule has 2 aliphatic rings. The number of fused-ring (bicyclic) bond motifs is 1. The Balaban J connectivity index is 1.90. The third-order valence-corrected chi connectivity index (χ3v) is 5.68. The summed E-state index contributed by atoms with van der Waals surface area (Å²) in [4.78, 5) is 6.39. The van der Waals surface area contributed by atoms with Crippen molar-refractivity contribution in [2.45, 2.75) is 63.6 Å². The topological polar surface area (TPSA) is 34.1 Å². The van der Waals surface area contributed by atoms with Gasteiger partial charge in [0.2, 0.25) is 0 Å². The minimum absolute atomic E-state index is 0.134. The van der Waals surface area contributed by atoms with E-state index in [1.165, 1.54) is 41.3 Å². The van der Waals surface area contributed by atoms with Crippen molar-refractivity contribution in [1.82, 2.24) is 10.3 Å². The number of methoxy groups -OCH3 is 1. The zero-order valence-corrected chi connectivity index (χ0v) is 12.3. The number of thiazole rings is 1. The van der Waals surface area contributed by atoms with Crippen LogP contribution in [0.25, 0.3) is 0 Å². The zero-order chi connectivity index (χ0) is 12.8. The average Bonchev–Trinajstić information content (AvgIpc) is 2.90. The van der Waals surface area contributed by atoms with Crippen molar-refractivity contribution < 1.29 is 4.74 Å². The molecule has 1 heterocycles. The minimum Gasteiger partial charge on any atom is -0.379 e. The first-order valence-electron chi connectivity index (χ1n) is 6.93. The smallest absolute Gasteiger partial charge is 0.116 e. The first kappa shape index (κ1) is 12.6. The molecule has 1 aromatic heterocycles. The van der Waals surface area contributed by atoms with Gasteiger partial charge in [0.15, 0.2) is 0 Å². The average molecular weight is 266 g/mol. The predicted octanol–water partition coefficient (Wildman–Crippen LogP) is 2.63. The molecule has 1 aromatic rings. The van der Waals surface area contributed by atoms with E-state index in [9.17, 15) is 0 Å². The molecule has 100 valence electrons. The van der Waals surface area contributed by atoms with Crippen LogP contribution in [0.4, 0.5) is 0 Å². The van der Waals surface area contributed by atoms with Gasteiger partial charge in [-0.15, -0.1) is 11.3 Å². The van der Waals surface area contributed by atoms with E-state index < -0.39 is 0 Å². The van der Waals surface area contributed by atoms with Gasteiger partial charge < -0.3 is 10.1 Å². The molecular formula is C14H22N2OS. The van der Waals surface area contributed by atoms with E-state index in [-0.39, 0.29) is 11.6 Å². The standard InChI is InChI=1S/C14H22N2OS/c1-9(17-3)14(2,16-10-7-8-10)13-15-11-5-4-6-12(11)18-13/h9-10,16H,4-8H2,1-3H3. The third-order valence-electron chi connectivity index (χ3n) is 4.29. The SMILES string of the molecule is COC(C)C(C)(NC1CC1)c1nc2c(s1)CCC2. The number of nitrogens with one attached hydrogen (secondary N) is 1. The Bertz CT molecular complexity index is 420. The maximum atomic E-state index is 5.60. The molecule has 0 aromatic carbocycles. The molecule has 0 spiro atoms.